The minimum atomic E-state index is -0.0278. The number of pyridine rings is 1. The Morgan fingerprint density at radius 2 is 2.33 bits per heavy atom. The Hall–Kier alpha value is -1.46. The minimum Gasteiger partial charge on any atom is -0.390 e. The predicted molar refractivity (Wildman–Crippen MR) is 58.9 cm³/mol. The molecule has 0 aliphatic heterocycles. The molecule has 0 bridgehead atoms. The number of aromatic nitrogens is 3. The minimum absolute atomic E-state index is 0.0278. The third-order valence-electron chi connectivity index (χ3n) is 2.16. The summed E-state index contributed by atoms with van der Waals surface area (Å²) in [4.78, 5) is 7.11. The molecule has 0 radical (unpaired) electrons. The van der Waals surface area contributed by atoms with Gasteiger partial charge in [-0.15, -0.1) is 0 Å². The van der Waals surface area contributed by atoms with Crippen LogP contribution in [0.5, 0.6) is 0 Å². The zero-order chi connectivity index (χ0) is 10.7. The number of aromatic amines is 1. The zero-order valence-electron chi connectivity index (χ0n) is 8.05. The highest BCUT2D eigenvalue weighted by molar-refractivity contribution is 7.71. The Balaban J connectivity index is 2.32. The van der Waals surface area contributed by atoms with E-state index in [1.165, 1.54) is 0 Å². The van der Waals surface area contributed by atoms with Gasteiger partial charge in [0.1, 0.15) is 0 Å². The van der Waals surface area contributed by atoms with Crippen LogP contribution in [0.4, 0.5) is 0 Å². The molecule has 2 aromatic rings. The Bertz CT molecular complexity index is 489. The molecular weight excluding hydrogens is 210 g/mol. The average molecular weight is 221 g/mol. The van der Waals surface area contributed by atoms with E-state index in [0.29, 0.717) is 11.3 Å². The first-order valence-electron chi connectivity index (χ1n) is 4.59. The number of aliphatic hydroxyl groups is 1. The van der Waals surface area contributed by atoms with Crippen LogP contribution in [0.1, 0.15) is 11.4 Å². The Labute approximate surface area is 92.2 Å². The second-order valence-corrected chi connectivity index (χ2v) is 3.54. The van der Waals surface area contributed by atoms with Gasteiger partial charge in [0, 0.05) is 12.4 Å². The van der Waals surface area contributed by atoms with Crippen LogP contribution in [0, 0.1) is 4.77 Å². The lowest BCUT2D eigenvalue weighted by molar-refractivity contribution is 0.271. The molecule has 0 atom stereocenters. The van der Waals surface area contributed by atoms with Gasteiger partial charge in [0.05, 0.1) is 24.5 Å². The second-order valence-electron chi connectivity index (χ2n) is 3.15. The third kappa shape index (κ3) is 2.14. The predicted octanol–water partition coefficient (Wildman–Crippen LogP) is 1.48. The molecule has 0 saturated carbocycles. The fourth-order valence-corrected chi connectivity index (χ4v) is 1.63. The van der Waals surface area contributed by atoms with E-state index in [1.807, 2.05) is 22.8 Å². The highest BCUT2D eigenvalue weighted by Gasteiger charge is 2.03. The van der Waals surface area contributed by atoms with Gasteiger partial charge < -0.3 is 14.7 Å². The van der Waals surface area contributed by atoms with Gasteiger partial charge in [0.2, 0.25) is 0 Å². The summed E-state index contributed by atoms with van der Waals surface area (Å²) < 4.78 is 2.43. The molecule has 0 saturated heterocycles. The van der Waals surface area contributed by atoms with E-state index in [2.05, 4.69) is 9.97 Å². The first-order chi connectivity index (χ1) is 7.31. The number of hydrogen-bond donors (Lipinski definition) is 2. The maximum atomic E-state index is 9.10. The first kappa shape index (κ1) is 10.1. The van der Waals surface area contributed by atoms with E-state index in [4.69, 9.17) is 17.3 Å². The molecule has 15 heavy (non-hydrogen) atoms. The summed E-state index contributed by atoms with van der Waals surface area (Å²) in [6.45, 7) is 0.555. The molecule has 0 aliphatic rings. The summed E-state index contributed by atoms with van der Waals surface area (Å²) in [5, 5.41) is 9.10. The largest absolute Gasteiger partial charge is 0.390 e. The van der Waals surface area contributed by atoms with Crippen molar-refractivity contribution in [3.8, 4) is 0 Å². The third-order valence-corrected chi connectivity index (χ3v) is 2.50. The van der Waals surface area contributed by atoms with Crippen molar-refractivity contribution in [1.82, 2.24) is 14.5 Å². The van der Waals surface area contributed by atoms with Crippen LogP contribution in [0.3, 0.4) is 0 Å². The topological polar surface area (TPSA) is 53.8 Å². The van der Waals surface area contributed by atoms with Gasteiger partial charge in [-0.1, -0.05) is 6.07 Å². The van der Waals surface area contributed by atoms with Crippen molar-refractivity contribution in [3.05, 3.63) is 46.8 Å². The number of nitrogens with zero attached hydrogens (tertiary/aromatic N) is 2. The lowest BCUT2D eigenvalue weighted by Crippen LogP contribution is -2.05. The normalized spacial score (nSPS) is 10.5. The van der Waals surface area contributed by atoms with Crippen molar-refractivity contribution in [2.75, 3.05) is 0 Å². The Morgan fingerprint density at radius 1 is 1.47 bits per heavy atom. The maximum absolute atomic E-state index is 9.10. The van der Waals surface area contributed by atoms with Crippen LogP contribution in [0.25, 0.3) is 0 Å². The molecule has 0 unspecified atom stereocenters. The van der Waals surface area contributed by atoms with Gasteiger partial charge in [0.25, 0.3) is 0 Å². The molecule has 0 aliphatic carbocycles. The zero-order valence-corrected chi connectivity index (χ0v) is 8.87. The molecule has 78 valence electrons. The number of aliphatic hydroxyl groups excluding tert-OH is 1. The van der Waals surface area contributed by atoms with Crippen LogP contribution in [0.2, 0.25) is 0 Å². The molecule has 5 heteroatoms. The number of nitrogens with one attached hydrogen (secondary N) is 1. The van der Waals surface area contributed by atoms with Gasteiger partial charge in [-0.3, -0.25) is 4.98 Å². The summed E-state index contributed by atoms with van der Waals surface area (Å²) in [6.07, 6.45) is 3.45. The van der Waals surface area contributed by atoms with E-state index in [0.717, 1.165) is 11.4 Å². The summed E-state index contributed by atoms with van der Waals surface area (Å²) in [7, 11) is 0. The lowest BCUT2D eigenvalue weighted by atomic mass is 10.3. The molecule has 0 fully saturated rings. The fraction of sp³-hybridized carbons (Fsp3) is 0.200. The SMILES string of the molecule is OCc1c[nH]c(=S)n1Cc1ccccn1. The summed E-state index contributed by atoms with van der Waals surface area (Å²) in [5.74, 6) is 0. The molecule has 4 nitrogen and oxygen atoms in total. The standard InChI is InChI=1S/C10H11N3OS/c14-7-9-5-12-10(15)13(9)6-8-3-1-2-4-11-8/h1-5,14H,6-7H2,(H,12,15). The van der Waals surface area contributed by atoms with Crippen molar-refractivity contribution in [2.45, 2.75) is 13.2 Å². The average Bonchev–Trinajstić information content (AvgIpc) is 2.62. The van der Waals surface area contributed by atoms with E-state index in [9.17, 15) is 0 Å². The van der Waals surface area contributed by atoms with Gasteiger partial charge in [-0.25, -0.2) is 0 Å². The van der Waals surface area contributed by atoms with Crippen molar-refractivity contribution in [1.29, 1.82) is 0 Å². The quantitative estimate of drug-likeness (QED) is 0.772. The van der Waals surface area contributed by atoms with E-state index < -0.39 is 0 Å². The molecular formula is C10H11N3OS. The highest BCUT2D eigenvalue weighted by Crippen LogP contribution is 2.05. The van der Waals surface area contributed by atoms with Crippen LogP contribution >= 0.6 is 12.2 Å². The Morgan fingerprint density at radius 3 is 3.00 bits per heavy atom. The van der Waals surface area contributed by atoms with Crippen LogP contribution in [-0.2, 0) is 13.2 Å². The van der Waals surface area contributed by atoms with Crippen molar-refractivity contribution < 1.29 is 5.11 Å². The lowest BCUT2D eigenvalue weighted by Gasteiger charge is -2.05. The van der Waals surface area contributed by atoms with Gasteiger partial charge in [0.15, 0.2) is 4.77 Å². The van der Waals surface area contributed by atoms with Gasteiger partial charge >= 0.3 is 0 Å². The molecule has 0 aromatic carbocycles. The fourth-order valence-electron chi connectivity index (χ4n) is 1.39. The molecule has 2 aromatic heterocycles. The van der Waals surface area contributed by atoms with E-state index in [1.54, 1.807) is 12.4 Å². The molecule has 2 N–H and O–H groups in total. The number of rotatable bonds is 3. The Kier molecular flexibility index (Phi) is 2.94. The van der Waals surface area contributed by atoms with Gasteiger partial charge in [-0.2, -0.15) is 0 Å². The van der Waals surface area contributed by atoms with Gasteiger partial charge in [-0.05, 0) is 24.4 Å². The van der Waals surface area contributed by atoms with Crippen LogP contribution in [-0.4, -0.2) is 19.6 Å². The van der Waals surface area contributed by atoms with Crippen molar-refractivity contribution in [3.63, 3.8) is 0 Å². The smallest absolute Gasteiger partial charge is 0.177 e. The summed E-state index contributed by atoms with van der Waals surface area (Å²) >= 11 is 5.11. The summed E-state index contributed by atoms with van der Waals surface area (Å²) in [5.41, 5.74) is 1.69. The van der Waals surface area contributed by atoms with Crippen LogP contribution in [0.15, 0.2) is 30.6 Å². The summed E-state index contributed by atoms with van der Waals surface area (Å²) in [6, 6.07) is 5.72. The van der Waals surface area contributed by atoms with E-state index in [-0.39, 0.29) is 6.61 Å². The molecule has 2 heterocycles. The molecule has 2 rings (SSSR count). The maximum Gasteiger partial charge on any atom is 0.177 e. The number of hydrogen-bond acceptors (Lipinski definition) is 3. The second kappa shape index (κ2) is 4.37. The van der Waals surface area contributed by atoms with Crippen LogP contribution < -0.4 is 0 Å². The van der Waals surface area contributed by atoms with Crippen molar-refractivity contribution >= 4 is 12.2 Å². The monoisotopic (exact) mass is 221 g/mol. The van der Waals surface area contributed by atoms with E-state index >= 15 is 0 Å². The molecule has 0 amide bonds. The number of H-pyrrole nitrogens is 1. The highest BCUT2D eigenvalue weighted by atomic mass is 32.1. The molecule has 0 spiro atoms. The van der Waals surface area contributed by atoms with Crippen molar-refractivity contribution in [2.24, 2.45) is 0 Å². The number of imidazole rings is 1. The first-order valence-corrected chi connectivity index (χ1v) is 5.00.